The van der Waals surface area contributed by atoms with Crippen LogP contribution in [0.5, 0.6) is 0 Å². The lowest BCUT2D eigenvalue weighted by Gasteiger charge is -2.38. The van der Waals surface area contributed by atoms with Gasteiger partial charge in [0.2, 0.25) is 17.7 Å². The van der Waals surface area contributed by atoms with Crippen LogP contribution in [-0.4, -0.2) is 57.6 Å². The van der Waals surface area contributed by atoms with Crippen LogP contribution in [0.2, 0.25) is 0 Å². The van der Waals surface area contributed by atoms with Crippen LogP contribution in [0.4, 0.5) is 5.69 Å². The van der Waals surface area contributed by atoms with Crippen molar-refractivity contribution in [3.05, 3.63) is 66.2 Å². The summed E-state index contributed by atoms with van der Waals surface area (Å²) in [5, 5.41) is 16.8. The molecule has 3 N–H and O–H groups in total. The number of carbonyl (C=O) groups excluding carboxylic acids is 3. The Morgan fingerprint density at radius 3 is 2.33 bits per heavy atom. The van der Waals surface area contributed by atoms with Gasteiger partial charge in [-0.2, -0.15) is 0 Å². The van der Waals surface area contributed by atoms with Crippen molar-refractivity contribution in [1.29, 1.82) is 0 Å². The van der Waals surface area contributed by atoms with Gasteiger partial charge < -0.3 is 25.4 Å². The molecule has 3 heterocycles. The van der Waals surface area contributed by atoms with E-state index in [9.17, 15) is 19.5 Å². The van der Waals surface area contributed by atoms with E-state index in [2.05, 4.69) is 10.6 Å². The summed E-state index contributed by atoms with van der Waals surface area (Å²) in [6.07, 6.45) is 6.17. The van der Waals surface area contributed by atoms with Crippen molar-refractivity contribution in [2.24, 2.45) is 11.8 Å². The van der Waals surface area contributed by atoms with Gasteiger partial charge in [-0.05, 0) is 50.3 Å². The molecule has 3 aliphatic heterocycles. The number of aliphatic hydroxyl groups is 1. The number of fused-ring (bicyclic) bond motifs is 1. The van der Waals surface area contributed by atoms with Crippen molar-refractivity contribution >= 4 is 23.4 Å². The van der Waals surface area contributed by atoms with E-state index < -0.39 is 35.1 Å². The Morgan fingerprint density at radius 2 is 1.67 bits per heavy atom. The summed E-state index contributed by atoms with van der Waals surface area (Å²) in [5.74, 6) is -2.42. The Labute approximate surface area is 229 Å². The van der Waals surface area contributed by atoms with E-state index >= 15 is 0 Å². The smallest absolute Gasteiger partial charge is 0.246 e. The van der Waals surface area contributed by atoms with Crippen LogP contribution in [0.1, 0.15) is 63.5 Å². The van der Waals surface area contributed by atoms with E-state index in [0.717, 1.165) is 37.7 Å². The molecule has 2 aromatic rings. The number of rotatable bonds is 7. The lowest BCUT2D eigenvalue weighted by molar-refractivity contribution is -0.149. The number of nitrogens with one attached hydrogen (secondary N) is 2. The van der Waals surface area contributed by atoms with Gasteiger partial charge in [0, 0.05) is 11.7 Å². The number of amides is 3. The Balaban J connectivity index is 1.40. The number of aliphatic hydroxyl groups excluding tert-OH is 1. The van der Waals surface area contributed by atoms with Crippen molar-refractivity contribution in [1.82, 2.24) is 10.2 Å². The van der Waals surface area contributed by atoms with Gasteiger partial charge in [-0.3, -0.25) is 14.4 Å². The summed E-state index contributed by atoms with van der Waals surface area (Å²) in [6.45, 7) is 1.55. The van der Waals surface area contributed by atoms with Crippen molar-refractivity contribution in [2.75, 3.05) is 11.9 Å². The van der Waals surface area contributed by atoms with E-state index in [1.54, 1.807) is 0 Å². The highest BCUT2D eigenvalue weighted by Gasteiger charge is 2.78. The fourth-order valence-electron chi connectivity index (χ4n) is 7.70. The predicted octanol–water partition coefficient (Wildman–Crippen LogP) is 3.57. The molecular formula is C31H37N3O5. The first-order chi connectivity index (χ1) is 18.9. The van der Waals surface area contributed by atoms with E-state index in [1.807, 2.05) is 67.6 Å². The Hall–Kier alpha value is -3.23. The molecule has 0 radical (unpaired) electrons. The number of hydrogen-bond acceptors (Lipinski definition) is 5. The third-order valence-corrected chi connectivity index (χ3v) is 9.43. The number of likely N-dealkylation sites (tertiary alicyclic amines) is 1. The Morgan fingerprint density at radius 1 is 1.00 bits per heavy atom. The van der Waals surface area contributed by atoms with Crippen LogP contribution in [0, 0.1) is 11.8 Å². The fourth-order valence-corrected chi connectivity index (χ4v) is 7.70. The number of carbonyl (C=O) groups is 3. The van der Waals surface area contributed by atoms with Crippen molar-refractivity contribution in [2.45, 2.75) is 81.2 Å². The first-order valence-electron chi connectivity index (χ1n) is 14.2. The highest BCUT2D eigenvalue weighted by atomic mass is 16.5. The quantitative estimate of drug-likeness (QED) is 0.506. The van der Waals surface area contributed by atoms with Gasteiger partial charge in [0.25, 0.3) is 0 Å². The van der Waals surface area contributed by atoms with Gasteiger partial charge in [-0.25, -0.2) is 0 Å². The normalized spacial score (nSPS) is 32.6. The molecule has 8 heteroatoms. The topological polar surface area (TPSA) is 108 Å². The zero-order valence-electron chi connectivity index (χ0n) is 22.3. The minimum absolute atomic E-state index is 0.0503. The molecule has 39 heavy (non-hydrogen) atoms. The highest BCUT2D eigenvalue weighted by molar-refractivity contribution is 6.02. The average molecular weight is 532 g/mol. The maximum atomic E-state index is 14.4. The number of hydrogen-bond donors (Lipinski definition) is 3. The number of benzene rings is 2. The number of nitrogens with zero attached hydrogens (tertiary/aromatic N) is 1. The zero-order chi connectivity index (χ0) is 27.2. The second-order valence-electron chi connectivity index (χ2n) is 11.8. The summed E-state index contributed by atoms with van der Waals surface area (Å²) in [5.41, 5.74) is -0.609. The molecule has 6 atom stereocenters. The molecular weight excluding hydrogens is 494 g/mol. The molecule has 6 rings (SSSR count). The summed E-state index contributed by atoms with van der Waals surface area (Å²) in [6, 6.07) is 16.9. The van der Waals surface area contributed by atoms with Crippen molar-refractivity contribution < 1.29 is 24.2 Å². The Bertz CT molecular complexity index is 1230. The maximum Gasteiger partial charge on any atom is 0.246 e. The minimum atomic E-state index is -1.13. The van der Waals surface area contributed by atoms with Gasteiger partial charge in [-0.1, -0.05) is 67.8 Å². The third kappa shape index (κ3) is 4.25. The SMILES string of the molecule is C[C@@]12CCC3(O1)C(C(=O)NC1CCCCC1)N([C@H](CO)c1ccccc1)C(=O)[C@@H]3[C@@H]2C(=O)Nc1ccccc1. The monoisotopic (exact) mass is 531 g/mol. The lowest BCUT2D eigenvalue weighted by atomic mass is 9.66. The van der Waals surface area contributed by atoms with Crippen molar-refractivity contribution in [3.63, 3.8) is 0 Å². The first kappa shape index (κ1) is 26.0. The first-order valence-corrected chi connectivity index (χ1v) is 14.2. The van der Waals surface area contributed by atoms with Crippen LogP contribution in [-0.2, 0) is 19.1 Å². The minimum Gasteiger partial charge on any atom is -0.394 e. The molecule has 4 aliphatic rings. The van der Waals surface area contributed by atoms with Crippen LogP contribution >= 0.6 is 0 Å². The van der Waals surface area contributed by atoms with Gasteiger partial charge in [0.05, 0.1) is 30.1 Å². The number of para-hydroxylation sites is 1. The largest absolute Gasteiger partial charge is 0.394 e. The lowest BCUT2D eigenvalue weighted by Crippen LogP contribution is -2.57. The molecule has 206 valence electrons. The molecule has 2 bridgehead atoms. The standard InChI is InChI=1S/C31H37N3O5/c1-30-17-18-31(39-30)25(24(30)27(36)32-21-13-7-3-8-14-21)29(38)34(23(19-35)20-11-5-2-6-12-20)26(31)28(37)33-22-15-9-4-10-16-22/h2-3,5-8,11-14,22-26,35H,4,9-10,15-19H2,1H3,(H,32,36)(H,33,37)/t23-,24-,25+,26?,30+,31?/m1/s1. The van der Waals surface area contributed by atoms with Crippen molar-refractivity contribution in [3.8, 4) is 0 Å². The van der Waals surface area contributed by atoms with Crippen LogP contribution in [0.15, 0.2) is 60.7 Å². The molecule has 8 nitrogen and oxygen atoms in total. The van der Waals surface area contributed by atoms with Gasteiger partial charge in [0.15, 0.2) is 0 Å². The summed E-state index contributed by atoms with van der Waals surface area (Å²) < 4.78 is 6.73. The molecule has 3 amide bonds. The molecule has 4 fully saturated rings. The summed E-state index contributed by atoms with van der Waals surface area (Å²) >= 11 is 0. The van der Waals surface area contributed by atoms with E-state index in [1.165, 1.54) is 4.90 Å². The van der Waals surface area contributed by atoms with E-state index in [0.29, 0.717) is 18.5 Å². The summed E-state index contributed by atoms with van der Waals surface area (Å²) in [7, 11) is 0. The number of anilines is 1. The molecule has 1 spiro atoms. The van der Waals surface area contributed by atoms with E-state index in [-0.39, 0.29) is 30.4 Å². The average Bonchev–Trinajstić information content (AvgIpc) is 3.52. The molecule has 1 aliphatic carbocycles. The second kappa shape index (κ2) is 10.1. The molecule has 3 saturated heterocycles. The van der Waals surface area contributed by atoms with Gasteiger partial charge >= 0.3 is 0 Å². The summed E-state index contributed by atoms with van der Waals surface area (Å²) in [4.78, 5) is 43.9. The van der Waals surface area contributed by atoms with E-state index in [4.69, 9.17) is 4.74 Å². The molecule has 0 aromatic heterocycles. The molecule has 2 aromatic carbocycles. The Kier molecular flexibility index (Phi) is 6.71. The van der Waals surface area contributed by atoms with Gasteiger partial charge in [0.1, 0.15) is 11.6 Å². The predicted molar refractivity (Wildman–Crippen MR) is 145 cm³/mol. The molecule has 2 unspecified atom stereocenters. The maximum absolute atomic E-state index is 14.4. The fraction of sp³-hybridized carbons (Fsp3) is 0.516. The van der Waals surface area contributed by atoms with Crippen LogP contribution in [0.25, 0.3) is 0 Å². The van der Waals surface area contributed by atoms with Crippen LogP contribution in [0.3, 0.4) is 0 Å². The second-order valence-corrected chi connectivity index (χ2v) is 11.8. The number of ether oxygens (including phenoxy) is 1. The molecule has 1 saturated carbocycles. The highest BCUT2D eigenvalue weighted by Crippen LogP contribution is 2.64. The zero-order valence-corrected chi connectivity index (χ0v) is 22.3. The van der Waals surface area contributed by atoms with Gasteiger partial charge in [-0.15, -0.1) is 0 Å². The third-order valence-electron chi connectivity index (χ3n) is 9.43. The van der Waals surface area contributed by atoms with Crippen LogP contribution < -0.4 is 10.6 Å².